The van der Waals surface area contributed by atoms with Crippen LogP contribution in [0.4, 0.5) is 0 Å². The van der Waals surface area contributed by atoms with Crippen LogP contribution >= 0.6 is 0 Å². The van der Waals surface area contributed by atoms with Crippen LogP contribution in [-0.4, -0.2) is 15.8 Å². The van der Waals surface area contributed by atoms with Crippen molar-refractivity contribution in [2.75, 3.05) is 0 Å². The molecule has 0 amide bonds. The number of hydrogen-bond acceptors (Lipinski definition) is 3. The molecule has 0 aliphatic heterocycles. The highest BCUT2D eigenvalue weighted by molar-refractivity contribution is 5.91. The lowest BCUT2D eigenvalue weighted by Crippen LogP contribution is -2.45. The summed E-state index contributed by atoms with van der Waals surface area (Å²) in [5.41, 5.74) is 5.51. The summed E-state index contributed by atoms with van der Waals surface area (Å²) in [6.07, 6.45) is 21.9. The maximum Gasteiger partial charge on any atom is 0.155 e. The summed E-state index contributed by atoms with van der Waals surface area (Å²) in [6.45, 7) is 0. The van der Waals surface area contributed by atoms with Crippen molar-refractivity contribution in [2.24, 2.45) is 29.1 Å². The van der Waals surface area contributed by atoms with Crippen LogP contribution in [-0.2, 0) is 11.2 Å². The number of rotatable bonds is 3. The van der Waals surface area contributed by atoms with Crippen LogP contribution < -0.4 is 0 Å². The van der Waals surface area contributed by atoms with Gasteiger partial charge in [0.2, 0.25) is 0 Å². The zero-order valence-electron chi connectivity index (χ0n) is 18.0. The van der Waals surface area contributed by atoms with Crippen molar-refractivity contribution in [1.82, 2.24) is 9.97 Å². The number of fused-ring (bicyclic) bond motifs is 5. The van der Waals surface area contributed by atoms with Crippen molar-refractivity contribution in [1.29, 1.82) is 0 Å². The molecule has 5 atom stereocenters. The highest BCUT2D eigenvalue weighted by Crippen LogP contribution is 2.61. The summed E-state index contributed by atoms with van der Waals surface area (Å²) in [7, 11) is 0. The van der Waals surface area contributed by atoms with Gasteiger partial charge in [0.15, 0.2) is 5.78 Å². The Hall–Kier alpha value is -2.55. The normalized spacial score (nSPS) is 33.9. The van der Waals surface area contributed by atoms with Crippen LogP contribution in [0.3, 0.4) is 0 Å². The molecular weight excluding hydrogens is 380 g/mol. The first-order valence-corrected chi connectivity index (χ1v) is 12.0. The summed E-state index contributed by atoms with van der Waals surface area (Å²) in [6, 6.07) is 9.11. The Morgan fingerprint density at radius 2 is 1.81 bits per heavy atom. The number of nitrogens with zero attached hydrogens (tertiary/aromatic N) is 2. The third-order valence-electron chi connectivity index (χ3n) is 8.80. The fourth-order valence-electron chi connectivity index (χ4n) is 7.43. The maximum absolute atomic E-state index is 11.9. The van der Waals surface area contributed by atoms with Crippen molar-refractivity contribution < 1.29 is 4.79 Å². The highest BCUT2D eigenvalue weighted by Gasteiger charge is 2.53. The first-order valence-electron chi connectivity index (χ1n) is 12.0. The zero-order valence-corrected chi connectivity index (χ0v) is 18.0. The SMILES string of the molecule is O=C1C=C2C=C[C@@H]3[C@H](CC[C@]4(Cc5ccc(-c6cncnc6)cc5)CCC[C@@H]34)[C@H]2CC1. The standard InChI is InChI=1S/C28H30N2O/c31-23-8-10-24-21(14-23)7-9-26-25(24)11-13-28(12-1-2-27(26)28)15-19-3-5-20(6-4-19)22-16-29-18-30-17-22/h3-7,9,14,16-18,24-27H,1-2,8,10-13,15H2/t24-,25+,26+,27-,28-/m0/s1. The van der Waals surface area contributed by atoms with Crippen molar-refractivity contribution >= 4 is 5.78 Å². The molecule has 0 N–H and O–H groups in total. The van der Waals surface area contributed by atoms with Crippen molar-refractivity contribution in [3.8, 4) is 11.1 Å². The van der Waals surface area contributed by atoms with Crippen LogP contribution in [0.25, 0.3) is 11.1 Å². The molecule has 0 unspecified atom stereocenters. The van der Waals surface area contributed by atoms with Gasteiger partial charge in [-0.2, -0.15) is 0 Å². The van der Waals surface area contributed by atoms with Gasteiger partial charge in [0.25, 0.3) is 0 Å². The molecule has 4 aliphatic rings. The third-order valence-corrected chi connectivity index (χ3v) is 8.80. The molecule has 158 valence electrons. The van der Waals surface area contributed by atoms with E-state index in [9.17, 15) is 4.79 Å². The second kappa shape index (κ2) is 7.55. The number of carbonyl (C=O) groups is 1. The molecule has 3 nitrogen and oxygen atoms in total. The van der Waals surface area contributed by atoms with Crippen LogP contribution in [0.2, 0.25) is 0 Å². The zero-order chi connectivity index (χ0) is 20.8. The Kier molecular flexibility index (Phi) is 4.66. The van der Waals surface area contributed by atoms with E-state index in [2.05, 4.69) is 46.4 Å². The Labute approximate surface area is 184 Å². The Morgan fingerprint density at radius 3 is 2.65 bits per heavy atom. The van der Waals surface area contributed by atoms with Gasteiger partial charge in [-0.3, -0.25) is 4.79 Å². The predicted molar refractivity (Wildman–Crippen MR) is 122 cm³/mol. The van der Waals surface area contributed by atoms with E-state index >= 15 is 0 Å². The molecule has 6 rings (SSSR count). The van der Waals surface area contributed by atoms with E-state index in [1.54, 1.807) is 6.33 Å². The Bertz CT molecular complexity index is 1040. The number of aromatic nitrogens is 2. The first kappa shape index (κ1) is 19.2. The van der Waals surface area contributed by atoms with Crippen LogP contribution in [0, 0.1) is 29.1 Å². The third kappa shape index (κ3) is 3.30. The molecule has 0 saturated heterocycles. The van der Waals surface area contributed by atoms with Crippen molar-refractivity contribution in [2.45, 2.75) is 51.4 Å². The quantitative estimate of drug-likeness (QED) is 0.626. The molecular formula is C28H30N2O. The highest BCUT2D eigenvalue weighted by atomic mass is 16.1. The van der Waals surface area contributed by atoms with Crippen LogP contribution in [0.1, 0.15) is 50.5 Å². The van der Waals surface area contributed by atoms with Gasteiger partial charge in [0, 0.05) is 24.4 Å². The number of hydrogen-bond donors (Lipinski definition) is 0. The molecule has 2 saturated carbocycles. The lowest BCUT2D eigenvalue weighted by Gasteiger charge is -2.52. The van der Waals surface area contributed by atoms with Gasteiger partial charge in [-0.15, -0.1) is 0 Å². The topological polar surface area (TPSA) is 42.9 Å². The molecule has 2 fully saturated rings. The monoisotopic (exact) mass is 410 g/mol. The molecule has 2 aromatic rings. The largest absolute Gasteiger partial charge is 0.295 e. The molecule has 0 radical (unpaired) electrons. The van der Waals surface area contributed by atoms with Crippen LogP contribution in [0.5, 0.6) is 0 Å². The van der Waals surface area contributed by atoms with Crippen molar-refractivity contribution in [3.63, 3.8) is 0 Å². The molecule has 1 heterocycles. The van der Waals surface area contributed by atoms with Gasteiger partial charge in [0.05, 0.1) is 0 Å². The van der Waals surface area contributed by atoms with E-state index < -0.39 is 0 Å². The Morgan fingerprint density at radius 1 is 0.968 bits per heavy atom. The van der Waals surface area contributed by atoms with E-state index in [-0.39, 0.29) is 0 Å². The molecule has 1 aromatic carbocycles. The van der Waals surface area contributed by atoms with E-state index in [4.69, 9.17) is 0 Å². The summed E-state index contributed by atoms with van der Waals surface area (Å²) in [5.74, 6) is 3.20. The minimum Gasteiger partial charge on any atom is -0.295 e. The average Bonchev–Trinajstić information content (AvgIpc) is 3.23. The predicted octanol–water partition coefficient (Wildman–Crippen LogP) is 5.97. The van der Waals surface area contributed by atoms with Crippen LogP contribution in [0.15, 0.2) is 66.8 Å². The van der Waals surface area contributed by atoms with E-state index in [1.807, 2.05) is 18.5 Å². The number of benzene rings is 1. The van der Waals surface area contributed by atoms with Crippen molar-refractivity contribution in [3.05, 3.63) is 72.4 Å². The van der Waals surface area contributed by atoms with E-state index in [1.165, 1.54) is 55.2 Å². The molecule has 4 aliphatic carbocycles. The molecule has 3 heteroatoms. The fourth-order valence-corrected chi connectivity index (χ4v) is 7.43. The van der Waals surface area contributed by atoms with E-state index in [0.717, 1.165) is 30.2 Å². The molecule has 0 spiro atoms. The fraction of sp³-hybridized carbons (Fsp3) is 0.464. The lowest BCUT2D eigenvalue weighted by molar-refractivity contribution is -0.115. The Balaban J connectivity index is 1.25. The van der Waals surface area contributed by atoms with Gasteiger partial charge in [-0.1, -0.05) is 42.8 Å². The number of allylic oxidation sites excluding steroid dienone is 4. The molecule has 1 aromatic heterocycles. The summed E-state index contributed by atoms with van der Waals surface area (Å²) < 4.78 is 0. The molecule has 0 bridgehead atoms. The lowest BCUT2D eigenvalue weighted by atomic mass is 9.53. The molecule has 31 heavy (non-hydrogen) atoms. The number of ketones is 1. The average molecular weight is 411 g/mol. The smallest absolute Gasteiger partial charge is 0.155 e. The van der Waals surface area contributed by atoms with Gasteiger partial charge in [0.1, 0.15) is 6.33 Å². The van der Waals surface area contributed by atoms with Gasteiger partial charge < -0.3 is 0 Å². The maximum atomic E-state index is 11.9. The second-order valence-electron chi connectivity index (χ2n) is 10.3. The summed E-state index contributed by atoms with van der Waals surface area (Å²) in [5, 5.41) is 0. The van der Waals surface area contributed by atoms with Gasteiger partial charge in [-0.25, -0.2) is 9.97 Å². The number of carbonyl (C=O) groups excluding carboxylic acids is 1. The summed E-state index contributed by atoms with van der Waals surface area (Å²) in [4.78, 5) is 20.2. The van der Waals surface area contributed by atoms with Gasteiger partial charge >= 0.3 is 0 Å². The van der Waals surface area contributed by atoms with Gasteiger partial charge in [-0.05, 0) is 90.4 Å². The van der Waals surface area contributed by atoms with E-state index in [0.29, 0.717) is 23.0 Å². The summed E-state index contributed by atoms with van der Waals surface area (Å²) >= 11 is 0. The first-order chi connectivity index (χ1) is 15.2. The minimum absolute atomic E-state index is 0.325. The minimum atomic E-state index is 0.325. The second-order valence-corrected chi connectivity index (χ2v) is 10.3.